The second kappa shape index (κ2) is 7.17. The van der Waals surface area contributed by atoms with Crippen LogP contribution in [-0.2, 0) is 11.2 Å². The largest absolute Gasteiger partial charge is 0.348 e. The molecule has 0 aliphatic carbocycles. The van der Waals surface area contributed by atoms with Gasteiger partial charge in [-0.1, -0.05) is 29.8 Å². The highest BCUT2D eigenvalue weighted by atomic mass is 16.2. The Morgan fingerprint density at radius 1 is 1.39 bits per heavy atom. The maximum Gasteiger partial charge on any atom is 0.236 e. The SMILES string of the molecule is Cc1cccc(CCC(C)NCC(=O)N(C)C)c1. The number of benzene rings is 1. The first kappa shape index (κ1) is 14.7. The molecule has 1 N–H and O–H groups in total. The van der Waals surface area contributed by atoms with Crippen LogP contribution in [0.3, 0.4) is 0 Å². The summed E-state index contributed by atoms with van der Waals surface area (Å²) in [5, 5.41) is 3.26. The Morgan fingerprint density at radius 3 is 2.72 bits per heavy atom. The molecule has 0 spiro atoms. The second-order valence-corrected chi connectivity index (χ2v) is 5.10. The van der Waals surface area contributed by atoms with Gasteiger partial charge in [0.15, 0.2) is 0 Å². The van der Waals surface area contributed by atoms with E-state index in [1.165, 1.54) is 11.1 Å². The number of aryl methyl sites for hydroxylation is 2. The highest BCUT2D eigenvalue weighted by molar-refractivity contribution is 5.77. The van der Waals surface area contributed by atoms with Crippen molar-refractivity contribution < 1.29 is 4.79 Å². The van der Waals surface area contributed by atoms with Crippen LogP contribution in [0.4, 0.5) is 0 Å². The molecule has 1 aromatic rings. The Morgan fingerprint density at radius 2 is 2.11 bits per heavy atom. The van der Waals surface area contributed by atoms with Crippen LogP contribution in [0.25, 0.3) is 0 Å². The lowest BCUT2D eigenvalue weighted by Gasteiger charge is -2.16. The molecule has 1 atom stereocenters. The molecular weight excluding hydrogens is 224 g/mol. The molecular formula is C15H24N2O. The fraction of sp³-hybridized carbons (Fsp3) is 0.533. The van der Waals surface area contributed by atoms with Gasteiger partial charge in [0.1, 0.15) is 0 Å². The van der Waals surface area contributed by atoms with E-state index < -0.39 is 0 Å². The summed E-state index contributed by atoms with van der Waals surface area (Å²) in [6.45, 7) is 4.65. The third kappa shape index (κ3) is 5.32. The molecule has 100 valence electrons. The van der Waals surface area contributed by atoms with Crippen LogP contribution < -0.4 is 5.32 Å². The molecule has 1 amide bonds. The summed E-state index contributed by atoms with van der Waals surface area (Å²) in [4.78, 5) is 13.0. The van der Waals surface area contributed by atoms with E-state index in [4.69, 9.17) is 0 Å². The smallest absolute Gasteiger partial charge is 0.236 e. The Labute approximate surface area is 110 Å². The molecule has 0 radical (unpaired) electrons. The van der Waals surface area contributed by atoms with Crippen LogP contribution in [0.1, 0.15) is 24.5 Å². The van der Waals surface area contributed by atoms with E-state index in [1.807, 2.05) is 0 Å². The Kier molecular flexibility index (Phi) is 5.86. The average molecular weight is 248 g/mol. The average Bonchev–Trinajstić information content (AvgIpc) is 2.33. The van der Waals surface area contributed by atoms with Crippen molar-refractivity contribution in [1.29, 1.82) is 0 Å². The van der Waals surface area contributed by atoms with Crippen molar-refractivity contribution in [3.05, 3.63) is 35.4 Å². The lowest BCUT2D eigenvalue weighted by molar-refractivity contribution is -0.127. The zero-order valence-corrected chi connectivity index (χ0v) is 11.9. The third-order valence-electron chi connectivity index (χ3n) is 3.05. The van der Waals surface area contributed by atoms with Crippen LogP contribution in [-0.4, -0.2) is 37.5 Å². The van der Waals surface area contributed by atoms with Gasteiger partial charge in [0.2, 0.25) is 5.91 Å². The quantitative estimate of drug-likeness (QED) is 0.835. The normalized spacial score (nSPS) is 12.2. The van der Waals surface area contributed by atoms with Gasteiger partial charge >= 0.3 is 0 Å². The zero-order chi connectivity index (χ0) is 13.5. The summed E-state index contributed by atoms with van der Waals surface area (Å²) < 4.78 is 0. The molecule has 3 heteroatoms. The van der Waals surface area contributed by atoms with Gasteiger partial charge in [-0.25, -0.2) is 0 Å². The van der Waals surface area contributed by atoms with Gasteiger partial charge in [-0.05, 0) is 32.3 Å². The molecule has 0 aliphatic rings. The van der Waals surface area contributed by atoms with Gasteiger partial charge in [-0.3, -0.25) is 4.79 Å². The minimum Gasteiger partial charge on any atom is -0.348 e. The van der Waals surface area contributed by atoms with E-state index in [-0.39, 0.29) is 5.91 Å². The number of amides is 1. The van der Waals surface area contributed by atoms with Gasteiger partial charge in [0.05, 0.1) is 6.54 Å². The highest BCUT2D eigenvalue weighted by Crippen LogP contribution is 2.07. The van der Waals surface area contributed by atoms with Gasteiger partial charge < -0.3 is 10.2 Å². The fourth-order valence-electron chi connectivity index (χ4n) is 1.77. The van der Waals surface area contributed by atoms with Crippen LogP contribution in [0.15, 0.2) is 24.3 Å². The first-order valence-electron chi connectivity index (χ1n) is 6.48. The summed E-state index contributed by atoms with van der Waals surface area (Å²) in [7, 11) is 3.56. The molecule has 0 saturated carbocycles. The lowest BCUT2D eigenvalue weighted by atomic mass is 10.0. The molecule has 1 aromatic carbocycles. The van der Waals surface area contributed by atoms with Crippen molar-refractivity contribution in [3.63, 3.8) is 0 Å². The molecule has 0 heterocycles. The van der Waals surface area contributed by atoms with Gasteiger partial charge in [-0.2, -0.15) is 0 Å². The Hall–Kier alpha value is -1.35. The van der Waals surface area contributed by atoms with Gasteiger partial charge in [-0.15, -0.1) is 0 Å². The fourth-order valence-corrected chi connectivity index (χ4v) is 1.77. The van der Waals surface area contributed by atoms with E-state index in [0.29, 0.717) is 12.6 Å². The monoisotopic (exact) mass is 248 g/mol. The summed E-state index contributed by atoms with van der Waals surface area (Å²) in [5.41, 5.74) is 2.67. The van der Waals surface area contributed by atoms with Crippen LogP contribution >= 0.6 is 0 Å². The van der Waals surface area contributed by atoms with Crippen molar-refractivity contribution in [3.8, 4) is 0 Å². The number of nitrogens with one attached hydrogen (secondary N) is 1. The lowest BCUT2D eigenvalue weighted by Crippen LogP contribution is -2.37. The Bertz CT molecular complexity index is 388. The zero-order valence-electron chi connectivity index (χ0n) is 11.9. The number of carbonyl (C=O) groups is 1. The van der Waals surface area contributed by atoms with E-state index >= 15 is 0 Å². The van der Waals surface area contributed by atoms with Crippen molar-refractivity contribution in [2.24, 2.45) is 0 Å². The van der Waals surface area contributed by atoms with Crippen molar-refractivity contribution in [2.45, 2.75) is 32.7 Å². The van der Waals surface area contributed by atoms with Crippen molar-refractivity contribution >= 4 is 5.91 Å². The maximum absolute atomic E-state index is 11.4. The molecule has 0 aromatic heterocycles. The van der Waals surface area contributed by atoms with Crippen LogP contribution in [0, 0.1) is 6.92 Å². The highest BCUT2D eigenvalue weighted by Gasteiger charge is 2.07. The third-order valence-corrected chi connectivity index (χ3v) is 3.05. The molecule has 0 bridgehead atoms. The minimum absolute atomic E-state index is 0.123. The molecule has 0 saturated heterocycles. The van der Waals surface area contributed by atoms with Crippen molar-refractivity contribution in [1.82, 2.24) is 10.2 Å². The molecule has 0 fully saturated rings. The molecule has 18 heavy (non-hydrogen) atoms. The van der Waals surface area contributed by atoms with Crippen molar-refractivity contribution in [2.75, 3.05) is 20.6 Å². The first-order valence-corrected chi connectivity index (χ1v) is 6.48. The van der Waals surface area contributed by atoms with E-state index in [9.17, 15) is 4.79 Å². The number of carbonyl (C=O) groups excluding carboxylic acids is 1. The number of hydrogen-bond acceptors (Lipinski definition) is 2. The van der Waals surface area contributed by atoms with Crippen LogP contribution in [0.5, 0.6) is 0 Å². The summed E-state index contributed by atoms with van der Waals surface area (Å²) in [6.07, 6.45) is 2.09. The summed E-state index contributed by atoms with van der Waals surface area (Å²) in [5.74, 6) is 0.123. The first-order chi connectivity index (χ1) is 8.49. The van der Waals surface area contributed by atoms with E-state index in [0.717, 1.165) is 12.8 Å². The van der Waals surface area contributed by atoms with Gasteiger partial charge in [0, 0.05) is 20.1 Å². The maximum atomic E-state index is 11.4. The second-order valence-electron chi connectivity index (χ2n) is 5.10. The summed E-state index contributed by atoms with van der Waals surface area (Å²) >= 11 is 0. The molecule has 0 aliphatic heterocycles. The predicted molar refractivity (Wildman–Crippen MR) is 75.7 cm³/mol. The Balaban J connectivity index is 2.29. The van der Waals surface area contributed by atoms with Gasteiger partial charge in [0.25, 0.3) is 0 Å². The summed E-state index contributed by atoms with van der Waals surface area (Å²) in [6, 6.07) is 8.94. The number of likely N-dealkylation sites (N-methyl/N-ethyl adjacent to an activating group) is 1. The molecule has 1 rings (SSSR count). The molecule has 3 nitrogen and oxygen atoms in total. The topological polar surface area (TPSA) is 32.3 Å². The van der Waals surface area contributed by atoms with Crippen LogP contribution in [0.2, 0.25) is 0 Å². The van der Waals surface area contributed by atoms with E-state index in [1.54, 1.807) is 19.0 Å². The predicted octanol–water partition coefficient (Wildman–Crippen LogP) is 1.99. The minimum atomic E-state index is 0.123. The number of nitrogens with zero attached hydrogens (tertiary/aromatic N) is 1. The van der Waals surface area contributed by atoms with E-state index in [2.05, 4.69) is 43.4 Å². The number of rotatable bonds is 6. The molecule has 1 unspecified atom stereocenters. The standard InChI is InChI=1S/C15H24N2O/c1-12-6-5-7-14(10-12)9-8-13(2)16-11-15(18)17(3)4/h5-7,10,13,16H,8-9,11H2,1-4H3. The number of hydrogen-bond donors (Lipinski definition) is 1.